The van der Waals surface area contributed by atoms with Crippen molar-refractivity contribution in [3.63, 3.8) is 0 Å². The summed E-state index contributed by atoms with van der Waals surface area (Å²) >= 11 is 0. The minimum Gasteiger partial charge on any atom is -0.439 e. The molecule has 6 nitrogen and oxygen atoms in total. The van der Waals surface area contributed by atoms with Crippen LogP contribution in [0, 0.1) is 0 Å². The maximum absolute atomic E-state index is 12.8. The fraction of sp³-hybridized carbons (Fsp3) is 0.471. The summed E-state index contributed by atoms with van der Waals surface area (Å²) in [6.45, 7) is 2.92. The number of ketones is 1. The van der Waals surface area contributed by atoms with Gasteiger partial charge >= 0.3 is 6.09 Å². The van der Waals surface area contributed by atoms with Crippen LogP contribution in [-0.4, -0.2) is 59.9 Å². The molecular weight excluding hydrogens is 296 g/mol. The first-order chi connectivity index (χ1) is 10.9. The maximum atomic E-state index is 12.8. The Morgan fingerprint density at radius 1 is 1.17 bits per heavy atom. The minimum absolute atomic E-state index is 0.132. The highest BCUT2D eigenvalue weighted by Crippen LogP contribution is 2.32. The van der Waals surface area contributed by atoms with E-state index in [1.165, 1.54) is 11.8 Å². The van der Waals surface area contributed by atoms with Crippen molar-refractivity contribution in [3.8, 4) is 0 Å². The Bertz CT molecular complexity index is 672. The van der Waals surface area contributed by atoms with Gasteiger partial charge in [0, 0.05) is 19.2 Å². The number of hydrogen-bond donors (Lipinski definition) is 0. The zero-order chi connectivity index (χ0) is 16.6. The van der Waals surface area contributed by atoms with Gasteiger partial charge in [-0.2, -0.15) is 0 Å². The number of carbonyl (C=O) groups excluding carboxylic acids is 3. The molecule has 1 atom stereocenters. The molecule has 3 rings (SSSR count). The third kappa shape index (κ3) is 2.81. The summed E-state index contributed by atoms with van der Waals surface area (Å²) < 4.78 is 5.52. The second-order valence-electron chi connectivity index (χ2n) is 6.34. The van der Waals surface area contributed by atoms with Crippen molar-refractivity contribution in [1.82, 2.24) is 9.80 Å². The van der Waals surface area contributed by atoms with Crippen LogP contribution in [0.1, 0.15) is 40.5 Å². The van der Waals surface area contributed by atoms with Crippen molar-refractivity contribution >= 4 is 17.8 Å². The van der Waals surface area contributed by atoms with Gasteiger partial charge in [-0.25, -0.2) is 4.79 Å². The van der Waals surface area contributed by atoms with Gasteiger partial charge in [0.2, 0.25) is 0 Å². The summed E-state index contributed by atoms with van der Waals surface area (Å²) in [5.41, 5.74) is 0.220. The molecule has 0 saturated carbocycles. The lowest BCUT2D eigenvalue weighted by molar-refractivity contribution is -0.00523. The lowest BCUT2D eigenvalue weighted by Gasteiger charge is -2.38. The zero-order valence-electron chi connectivity index (χ0n) is 13.4. The van der Waals surface area contributed by atoms with Gasteiger partial charge in [0.15, 0.2) is 5.78 Å². The van der Waals surface area contributed by atoms with E-state index in [1.807, 2.05) is 0 Å². The molecule has 0 radical (unpaired) electrons. The molecular formula is C17H20N2O4. The molecule has 2 heterocycles. The van der Waals surface area contributed by atoms with E-state index in [1.54, 1.807) is 36.2 Å². The number of ether oxygens (including phenoxy) is 1. The van der Waals surface area contributed by atoms with E-state index in [0.29, 0.717) is 30.8 Å². The third-order valence-corrected chi connectivity index (χ3v) is 4.50. The van der Waals surface area contributed by atoms with Crippen LogP contribution >= 0.6 is 0 Å². The Morgan fingerprint density at radius 3 is 2.48 bits per heavy atom. The largest absolute Gasteiger partial charge is 0.439 e. The van der Waals surface area contributed by atoms with Crippen molar-refractivity contribution in [2.75, 3.05) is 26.7 Å². The Balaban J connectivity index is 1.84. The van der Waals surface area contributed by atoms with Crippen LogP contribution < -0.4 is 0 Å². The van der Waals surface area contributed by atoms with Crippen molar-refractivity contribution in [3.05, 3.63) is 35.4 Å². The molecule has 6 heteroatoms. The van der Waals surface area contributed by atoms with Crippen LogP contribution in [0.25, 0.3) is 0 Å². The van der Waals surface area contributed by atoms with E-state index in [2.05, 4.69) is 0 Å². The quantitative estimate of drug-likeness (QED) is 0.782. The molecule has 23 heavy (non-hydrogen) atoms. The van der Waals surface area contributed by atoms with Crippen LogP contribution in [0.5, 0.6) is 0 Å². The number of amides is 2. The summed E-state index contributed by atoms with van der Waals surface area (Å²) in [7, 11) is 1.70. The predicted molar refractivity (Wildman–Crippen MR) is 83.4 cm³/mol. The Kier molecular flexibility index (Phi) is 3.83. The number of carbonyl (C=O) groups is 3. The summed E-state index contributed by atoms with van der Waals surface area (Å²) in [6.07, 6.45) is 1.18. The average Bonchev–Trinajstić information content (AvgIpc) is 2.80. The highest BCUT2D eigenvalue weighted by atomic mass is 16.6. The van der Waals surface area contributed by atoms with Gasteiger partial charge in [0.05, 0.1) is 18.7 Å². The molecule has 0 aliphatic carbocycles. The average molecular weight is 316 g/mol. The normalized spacial score (nSPS) is 24.0. The molecule has 2 aliphatic rings. The zero-order valence-corrected chi connectivity index (χ0v) is 13.4. The van der Waals surface area contributed by atoms with Gasteiger partial charge in [-0.3, -0.25) is 9.59 Å². The number of piperidine rings is 1. The molecule has 0 bridgehead atoms. The van der Waals surface area contributed by atoms with Crippen LogP contribution in [0.2, 0.25) is 0 Å². The Labute approximate surface area is 135 Å². The summed E-state index contributed by atoms with van der Waals surface area (Å²) in [6, 6.07) is 6.84. The fourth-order valence-electron chi connectivity index (χ4n) is 3.42. The van der Waals surface area contributed by atoms with Crippen molar-refractivity contribution in [2.45, 2.75) is 25.4 Å². The maximum Gasteiger partial charge on any atom is 0.410 e. The molecule has 1 spiro atoms. The fourth-order valence-corrected chi connectivity index (χ4v) is 3.42. The first-order valence-corrected chi connectivity index (χ1v) is 7.75. The number of likely N-dealkylation sites (N-methyl/N-ethyl adjacent to an activating group) is 1. The minimum atomic E-state index is -0.620. The third-order valence-electron chi connectivity index (χ3n) is 4.50. The summed E-state index contributed by atoms with van der Waals surface area (Å²) in [4.78, 5) is 39.5. The van der Waals surface area contributed by atoms with Crippen molar-refractivity contribution < 1.29 is 19.1 Å². The molecule has 2 fully saturated rings. The SMILES string of the molecule is CC(=O)c1ccccc1C(=O)N1CCC[C@@]2(CN(C)C(=O)O2)C1. The highest BCUT2D eigenvalue weighted by Gasteiger charge is 2.47. The first-order valence-electron chi connectivity index (χ1n) is 7.75. The molecule has 2 saturated heterocycles. The molecule has 0 N–H and O–H groups in total. The lowest BCUT2D eigenvalue weighted by Crippen LogP contribution is -2.52. The number of likely N-dealkylation sites (tertiary alicyclic amines) is 1. The van der Waals surface area contributed by atoms with E-state index in [4.69, 9.17) is 4.74 Å². The highest BCUT2D eigenvalue weighted by molar-refractivity contribution is 6.07. The molecule has 2 aliphatic heterocycles. The van der Waals surface area contributed by atoms with Crippen LogP contribution in [0.3, 0.4) is 0 Å². The smallest absolute Gasteiger partial charge is 0.410 e. The van der Waals surface area contributed by atoms with Gasteiger partial charge in [-0.15, -0.1) is 0 Å². The molecule has 1 aromatic rings. The number of Topliss-reactive ketones (excluding diaryl/α,β-unsaturated/α-hetero) is 1. The first kappa shape index (κ1) is 15.5. The number of benzene rings is 1. The standard InChI is InChI=1S/C17H20N2O4/c1-12(20)13-6-3-4-7-14(13)15(21)19-9-5-8-17(11-19)10-18(2)16(22)23-17/h3-4,6-7H,5,8-11H2,1-2H3/t17-/m1/s1. The number of nitrogens with zero attached hydrogens (tertiary/aromatic N) is 2. The Morgan fingerprint density at radius 2 is 1.87 bits per heavy atom. The van der Waals surface area contributed by atoms with Crippen LogP contribution in [0.4, 0.5) is 4.79 Å². The summed E-state index contributed by atoms with van der Waals surface area (Å²) in [5.74, 6) is -0.312. The lowest BCUT2D eigenvalue weighted by atomic mass is 9.92. The number of rotatable bonds is 2. The second-order valence-corrected chi connectivity index (χ2v) is 6.34. The van der Waals surface area contributed by atoms with E-state index in [0.717, 1.165) is 12.8 Å². The van der Waals surface area contributed by atoms with Gasteiger partial charge in [-0.1, -0.05) is 18.2 Å². The second kappa shape index (κ2) is 5.68. The molecule has 2 amide bonds. The van der Waals surface area contributed by atoms with Crippen molar-refractivity contribution in [2.24, 2.45) is 0 Å². The van der Waals surface area contributed by atoms with Crippen molar-refractivity contribution in [1.29, 1.82) is 0 Å². The van der Waals surface area contributed by atoms with E-state index >= 15 is 0 Å². The van der Waals surface area contributed by atoms with Gasteiger partial charge in [-0.05, 0) is 25.8 Å². The molecule has 1 aromatic carbocycles. The van der Waals surface area contributed by atoms with Gasteiger partial charge in [0.25, 0.3) is 5.91 Å². The Hall–Kier alpha value is -2.37. The van der Waals surface area contributed by atoms with Crippen LogP contribution in [-0.2, 0) is 4.74 Å². The van der Waals surface area contributed by atoms with E-state index in [-0.39, 0.29) is 17.8 Å². The molecule has 0 unspecified atom stereocenters. The predicted octanol–water partition coefficient (Wildman–Crippen LogP) is 1.95. The monoisotopic (exact) mass is 316 g/mol. The number of hydrogen-bond acceptors (Lipinski definition) is 4. The van der Waals surface area contributed by atoms with Crippen LogP contribution in [0.15, 0.2) is 24.3 Å². The topological polar surface area (TPSA) is 66.9 Å². The molecule has 122 valence electrons. The molecule has 0 aromatic heterocycles. The van der Waals surface area contributed by atoms with Gasteiger partial charge < -0.3 is 14.5 Å². The van der Waals surface area contributed by atoms with E-state index in [9.17, 15) is 14.4 Å². The van der Waals surface area contributed by atoms with Gasteiger partial charge in [0.1, 0.15) is 5.60 Å². The van der Waals surface area contributed by atoms with E-state index < -0.39 is 5.60 Å². The summed E-state index contributed by atoms with van der Waals surface area (Å²) in [5, 5.41) is 0.